The van der Waals surface area contributed by atoms with Crippen LogP contribution in [0.2, 0.25) is 0 Å². The summed E-state index contributed by atoms with van der Waals surface area (Å²) in [5.41, 5.74) is 3.52. The van der Waals surface area contributed by atoms with Crippen molar-refractivity contribution in [2.24, 2.45) is 5.84 Å². The van der Waals surface area contributed by atoms with Gasteiger partial charge in [-0.1, -0.05) is 13.8 Å². The monoisotopic (exact) mass is 252 g/mol. The largest absolute Gasteiger partial charge is 0.474 e. The molecule has 0 bridgehead atoms. The first-order chi connectivity index (χ1) is 8.72. The summed E-state index contributed by atoms with van der Waals surface area (Å²) in [6.45, 7) is 5.62. The molecule has 0 spiro atoms. The van der Waals surface area contributed by atoms with Crippen molar-refractivity contribution in [3.05, 3.63) is 11.9 Å². The smallest absolute Gasteiger partial charge is 0.222 e. The van der Waals surface area contributed by atoms with Gasteiger partial charge in [-0.05, 0) is 5.92 Å². The van der Waals surface area contributed by atoms with Crippen molar-refractivity contribution in [1.29, 1.82) is 0 Å². The van der Waals surface area contributed by atoms with E-state index in [-0.39, 0.29) is 12.0 Å². The Hall–Kier alpha value is -1.40. The lowest BCUT2D eigenvalue weighted by Gasteiger charge is -2.24. The number of hydrogen-bond donors (Lipinski definition) is 2. The van der Waals surface area contributed by atoms with Gasteiger partial charge in [0.25, 0.3) is 0 Å². The van der Waals surface area contributed by atoms with Crippen LogP contribution in [0.3, 0.4) is 0 Å². The highest BCUT2D eigenvalue weighted by atomic mass is 16.5. The van der Waals surface area contributed by atoms with E-state index in [0.29, 0.717) is 11.7 Å². The van der Waals surface area contributed by atoms with Gasteiger partial charge in [-0.25, -0.2) is 15.8 Å². The van der Waals surface area contributed by atoms with Crippen molar-refractivity contribution in [2.45, 2.75) is 38.7 Å². The van der Waals surface area contributed by atoms with Crippen molar-refractivity contribution >= 4 is 5.82 Å². The molecular weight excluding hydrogens is 232 g/mol. The topological polar surface area (TPSA) is 82.3 Å². The zero-order chi connectivity index (χ0) is 13.0. The second-order valence-electron chi connectivity index (χ2n) is 4.67. The highest BCUT2D eigenvalue weighted by Crippen LogP contribution is 2.30. The van der Waals surface area contributed by atoms with E-state index in [0.717, 1.165) is 31.6 Å². The van der Waals surface area contributed by atoms with E-state index in [1.807, 2.05) is 0 Å². The van der Waals surface area contributed by atoms with Crippen LogP contribution >= 0.6 is 0 Å². The molecule has 0 amide bonds. The number of nitrogens with one attached hydrogen (secondary N) is 1. The van der Waals surface area contributed by atoms with Gasteiger partial charge in [0.05, 0.1) is 18.8 Å². The number of nitrogens with two attached hydrogens (primary N) is 1. The lowest BCUT2D eigenvalue weighted by atomic mass is 10.1. The predicted molar refractivity (Wildman–Crippen MR) is 68.4 cm³/mol. The molecule has 6 heteroatoms. The predicted octanol–water partition coefficient (Wildman–Crippen LogP) is 1.44. The molecule has 1 aromatic heterocycles. The molecule has 1 aliphatic rings. The van der Waals surface area contributed by atoms with Crippen molar-refractivity contribution in [3.8, 4) is 5.88 Å². The van der Waals surface area contributed by atoms with E-state index in [1.165, 1.54) is 6.33 Å². The summed E-state index contributed by atoms with van der Waals surface area (Å²) in [7, 11) is 0. The minimum atomic E-state index is 0.164. The van der Waals surface area contributed by atoms with Gasteiger partial charge >= 0.3 is 0 Å². The maximum atomic E-state index is 5.96. The summed E-state index contributed by atoms with van der Waals surface area (Å²) in [6, 6.07) is 0. The van der Waals surface area contributed by atoms with Gasteiger partial charge < -0.3 is 14.9 Å². The fraction of sp³-hybridized carbons (Fsp3) is 0.667. The summed E-state index contributed by atoms with van der Waals surface area (Å²) in [5.74, 6) is 6.97. The van der Waals surface area contributed by atoms with Crippen LogP contribution in [0.25, 0.3) is 0 Å². The Morgan fingerprint density at radius 1 is 1.39 bits per heavy atom. The SMILES string of the molecule is CC(C)c1c(NN)ncnc1OC1CCOCC1. The minimum absolute atomic E-state index is 0.164. The molecule has 1 aromatic rings. The summed E-state index contributed by atoms with van der Waals surface area (Å²) in [6.07, 6.45) is 3.42. The van der Waals surface area contributed by atoms with Crippen molar-refractivity contribution in [2.75, 3.05) is 18.6 Å². The molecule has 1 fully saturated rings. The third-order valence-corrected chi connectivity index (χ3v) is 3.01. The molecule has 0 radical (unpaired) electrons. The average molecular weight is 252 g/mol. The van der Waals surface area contributed by atoms with Gasteiger partial charge in [-0.15, -0.1) is 0 Å². The van der Waals surface area contributed by atoms with Crippen LogP contribution in [0.1, 0.15) is 38.2 Å². The first-order valence-corrected chi connectivity index (χ1v) is 6.28. The summed E-state index contributed by atoms with van der Waals surface area (Å²) >= 11 is 0. The number of nitrogen functional groups attached to an aromatic ring is 1. The van der Waals surface area contributed by atoms with Gasteiger partial charge in [0.2, 0.25) is 5.88 Å². The third-order valence-electron chi connectivity index (χ3n) is 3.01. The number of aromatic nitrogens is 2. The minimum Gasteiger partial charge on any atom is -0.474 e. The van der Waals surface area contributed by atoms with E-state index in [4.69, 9.17) is 15.3 Å². The Morgan fingerprint density at radius 3 is 2.72 bits per heavy atom. The standard InChI is InChI=1S/C12H20N4O2/c1-8(2)10-11(16-13)14-7-15-12(10)18-9-3-5-17-6-4-9/h7-9H,3-6,13H2,1-2H3,(H,14,15,16). The molecule has 0 saturated carbocycles. The Morgan fingerprint density at radius 2 is 2.11 bits per heavy atom. The van der Waals surface area contributed by atoms with Crippen molar-refractivity contribution in [1.82, 2.24) is 9.97 Å². The number of hydrogen-bond acceptors (Lipinski definition) is 6. The van der Waals surface area contributed by atoms with E-state index < -0.39 is 0 Å². The summed E-state index contributed by atoms with van der Waals surface area (Å²) in [5, 5.41) is 0. The van der Waals surface area contributed by atoms with Gasteiger partial charge in [-0.3, -0.25) is 0 Å². The first kappa shape index (κ1) is 13.0. The average Bonchev–Trinajstić information content (AvgIpc) is 2.39. The van der Waals surface area contributed by atoms with Crippen LogP contribution in [0.5, 0.6) is 5.88 Å². The molecule has 0 aromatic carbocycles. The van der Waals surface area contributed by atoms with E-state index >= 15 is 0 Å². The van der Waals surface area contributed by atoms with E-state index in [9.17, 15) is 0 Å². The van der Waals surface area contributed by atoms with Gasteiger partial charge in [0.15, 0.2) is 5.82 Å². The van der Waals surface area contributed by atoms with Crippen LogP contribution in [-0.4, -0.2) is 29.3 Å². The van der Waals surface area contributed by atoms with Crippen LogP contribution in [-0.2, 0) is 4.74 Å². The number of ether oxygens (including phenoxy) is 2. The van der Waals surface area contributed by atoms with Crippen LogP contribution < -0.4 is 16.0 Å². The number of hydrazine groups is 1. The number of anilines is 1. The molecule has 3 N–H and O–H groups in total. The highest BCUT2D eigenvalue weighted by Gasteiger charge is 2.21. The molecule has 0 aliphatic carbocycles. The van der Waals surface area contributed by atoms with Crippen molar-refractivity contribution in [3.63, 3.8) is 0 Å². The molecule has 1 aliphatic heterocycles. The summed E-state index contributed by atoms with van der Waals surface area (Å²) < 4.78 is 11.3. The molecule has 18 heavy (non-hydrogen) atoms. The second kappa shape index (κ2) is 5.97. The Kier molecular flexibility index (Phi) is 4.33. The molecule has 0 unspecified atom stereocenters. The fourth-order valence-electron chi connectivity index (χ4n) is 2.06. The zero-order valence-corrected chi connectivity index (χ0v) is 10.8. The Bertz CT molecular complexity index is 392. The van der Waals surface area contributed by atoms with Gasteiger partial charge in [0, 0.05) is 12.8 Å². The van der Waals surface area contributed by atoms with Gasteiger partial charge in [0.1, 0.15) is 12.4 Å². The zero-order valence-electron chi connectivity index (χ0n) is 10.8. The maximum absolute atomic E-state index is 5.96. The van der Waals surface area contributed by atoms with E-state index in [1.54, 1.807) is 0 Å². The number of rotatable bonds is 4. The lowest BCUT2D eigenvalue weighted by Crippen LogP contribution is -2.27. The quantitative estimate of drug-likeness (QED) is 0.623. The van der Waals surface area contributed by atoms with Crippen LogP contribution in [0.4, 0.5) is 5.82 Å². The van der Waals surface area contributed by atoms with Gasteiger partial charge in [-0.2, -0.15) is 0 Å². The maximum Gasteiger partial charge on any atom is 0.222 e. The van der Waals surface area contributed by atoms with Crippen LogP contribution in [0, 0.1) is 0 Å². The molecule has 0 atom stereocenters. The first-order valence-electron chi connectivity index (χ1n) is 6.28. The molecule has 2 rings (SSSR count). The summed E-state index contributed by atoms with van der Waals surface area (Å²) in [4.78, 5) is 8.35. The van der Waals surface area contributed by atoms with E-state index in [2.05, 4.69) is 29.2 Å². The third kappa shape index (κ3) is 2.88. The van der Waals surface area contributed by atoms with Crippen LogP contribution in [0.15, 0.2) is 6.33 Å². The normalized spacial score (nSPS) is 16.9. The molecule has 1 saturated heterocycles. The second-order valence-corrected chi connectivity index (χ2v) is 4.67. The highest BCUT2D eigenvalue weighted by molar-refractivity contribution is 5.49. The van der Waals surface area contributed by atoms with Crippen molar-refractivity contribution < 1.29 is 9.47 Å². The molecule has 2 heterocycles. The Labute approximate surface area is 107 Å². The Balaban J connectivity index is 2.20. The molecule has 6 nitrogen and oxygen atoms in total. The lowest BCUT2D eigenvalue weighted by molar-refractivity contribution is 0.0232. The fourth-order valence-corrected chi connectivity index (χ4v) is 2.06. The number of nitrogens with zero attached hydrogens (tertiary/aromatic N) is 2. The molecular formula is C12H20N4O2. The molecule has 100 valence electrons.